The van der Waals surface area contributed by atoms with Gasteiger partial charge in [0, 0.05) is 29.1 Å². The zero-order chi connectivity index (χ0) is 17.6. The molecule has 1 heterocycles. The highest BCUT2D eigenvalue weighted by atomic mass is 35.5. The summed E-state index contributed by atoms with van der Waals surface area (Å²) in [5, 5.41) is 3.83. The molecule has 0 spiro atoms. The molecule has 3 aromatic rings. The van der Waals surface area contributed by atoms with Gasteiger partial charge in [0.15, 0.2) is 0 Å². The smallest absolute Gasteiger partial charge is 0.255 e. The lowest BCUT2D eigenvalue weighted by molar-refractivity contribution is 0.0946. The summed E-state index contributed by atoms with van der Waals surface area (Å²) >= 11 is 5.94. The molecule has 1 amide bonds. The summed E-state index contributed by atoms with van der Waals surface area (Å²) in [4.78, 5) is 15.4. The number of carbonyl (C=O) groups is 1. The number of fused-ring (bicyclic) bond motifs is 1. The number of benzene rings is 2. The van der Waals surface area contributed by atoms with Crippen LogP contribution in [0.2, 0.25) is 5.02 Å². The minimum Gasteiger partial charge on any atom is -0.361 e. The van der Waals surface area contributed by atoms with Crippen molar-refractivity contribution in [2.75, 3.05) is 6.54 Å². The summed E-state index contributed by atoms with van der Waals surface area (Å²) < 4.78 is 27.2. The predicted octanol–water partition coefficient (Wildman–Crippen LogP) is 4.56. The first-order valence-corrected chi connectivity index (χ1v) is 8.37. The fourth-order valence-corrected chi connectivity index (χ4v) is 3.53. The molecular weight excluding hydrogens is 346 g/mol. The van der Waals surface area contributed by atoms with Crippen molar-refractivity contribution in [1.82, 2.24) is 10.3 Å². The summed E-state index contributed by atoms with van der Waals surface area (Å²) in [6, 6.07) is 8.77. The van der Waals surface area contributed by atoms with E-state index in [0.29, 0.717) is 6.54 Å². The van der Waals surface area contributed by atoms with Gasteiger partial charge in [-0.05, 0) is 48.7 Å². The number of hydrogen-bond acceptors (Lipinski definition) is 1. The van der Waals surface area contributed by atoms with E-state index in [1.807, 2.05) is 6.20 Å². The van der Waals surface area contributed by atoms with Crippen molar-refractivity contribution in [3.05, 3.63) is 70.4 Å². The van der Waals surface area contributed by atoms with Gasteiger partial charge in [0.25, 0.3) is 5.91 Å². The molecule has 0 saturated heterocycles. The normalized spacial score (nSPS) is 15.3. The van der Waals surface area contributed by atoms with E-state index in [1.165, 1.54) is 30.3 Å². The molecule has 0 atom stereocenters. The van der Waals surface area contributed by atoms with Gasteiger partial charge in [-0.3, -0.25) is 4.79 Å². The third kappa shape index (κ3) is 2.78. The van der Waals surface area contributed by atoms with Crippen LogP contribution in [0.5, 0.6) is 0 Å². The Morgan fingerprint density at radius 2 is 2.04 bits per heavy atom. The SMILES string of the molecule is O=C(NCC1(c2c[nH]c3cc(F)ccc23)CC1)c1c(F)cccc1Cl. The average molecular weight is 361 g/mol. The van der Waals surface area contributed by atoms with E-state index in [0.717, 1.165) is 29.3 Å². The Morgan fingerprint density at radius 1 is 1.24 bits per heavy atom. The molecular formula is C19H15ClF2N2O. The fraction of sp³-hybridized carbons (Fsp3) is 0.211. The summed E-state index contributed by atoms with van der Waals surface area (Å²) in [5.41, 5.74) is 1.43. The minimum absolute atomic E-state index is 0.0879. The first-order chi connectivity index (χ1) is 12.0. The molecule has 1 aliphatic carbocycles. The number of carbonyl (C=O) groups excluding carboxylic acids is 1. The molecule has 2 aromatic carbocycles. The largest absolute Gasteiger partial charge is 0.361 e. The van der Waals surface area contributed by atoms with Crippen LogP contribution < -0.4 is 5.32 Å². The molecule has 3 nitrogen and oxygen atoms in total. The van der Waals surface area contributed by atoms with Gasteiger partial charge in [-0.15, -0.1) is 0 Å². The van der Waals surface area contributed by atoms with Gasteiger partial charge < -0.3 is 10.3 Å². The van der Waals surface area contributed by atoms with Crippen molar-refractivity contribution >= 4 is 28.4 Å². The number of H-pyrrole nitrogens is 1. The van der Waals surface area contributed by atoms with E-state index >= 15 is 0 Å². The molecule has 2 N–H and O–H groups in total. The maximum absolute atomic E-state index is 13.9. The average Bonchev–Trinajstić information content (AvgIpc) is 3.25. The zero-order valence-electron chi connectivity index (χ0n) is 13.2. The first-order valence-electron chi connectivity index (χ1n) is 7.99. The quantitative estimate of drug-likeness (QED) is 0.703. The van der Waals surface area contributed by atoms with Crippen molar-refractivity contribution in [2.24, 2.45) is 0 Å². The zero-order valence-corrected chi connectivity index (χ0v) is 14.0. The Hall–Kier alpha value is -2.40. The molecule has 128 valence electrons. The van der Waals surface area contributed by atoms with Crippen molar-refractivity contribution in [1.29, 1.82) is 0 Å². The molecule has 4 rings (SSSR count). The highest BCUT2D eigenvalue weighted by Gasteiger charge is 2.46. The number of hydrogen-bond donors (Lipinski definition) is 2. The van der Waals surface area contributed by atoms with E-state index in [4.69, 9.17) is 11.6 Å². The Kier molecular flexibility index (Phi) is 3.76. The number of rotatable bonds is 4. The van der Waals surface area contributed by atoms with Crippen LogP contribution in [-0.4, -0.2) is 17.4 Å². The summed E-state index contributed by atoms with van der Waals surface area (Å²) in [7, 11) is 0. The number of aromatic amines is 1. The molecule has 0 bridgehead atoms. The fourth-order valence-electron chi connectivity index (χ4n) is 3.28. The summed E-state index contributed by atoms with van der Waals surface area (Å²) in [6.07, 6.45) is 3.67. The van der Waals surface area contributed by atoms with Crippen LogP contribution in [0.3, 0.4) is 0 Å². The lowest BCUT2D eigenvalue weighted by Gasteiger charge is -2.16. The van der Waals surface area contributed by atoms with Gasteiger partial charge in [-0.1, -0.05) is 17.7 Å². The van der Waals surface area contributed by atoms with Gasteiger partial charge in [0.2, 0.25) is 0 Å². The number of halogens is 3. The third-order valence-electron chi connectivity index (χ3n) is 4.85. The van der Waals surface area contributed by atoms with Crippen LogP contribution in [0.4, 0.5) is 8.78 Å². The van der Waals surface area contributed by atoms with Crippen molar-refractivity contribution in [3.8, 4) is 0 Å². The predicted molar refractivity (Wildman–Crippen MR) is 92.9 cm³/mol. The third-order valence-corrected chi connectivity index (χ3v) is 5.16. The van der Waals surface area contributed by atoms with Crippen LogP contribution in [0.15, 0.2) is 42.6 Å². The molecule has 1 aliphatic rings. The topological polar surface area (TPSA) is 44.9 Å². The van der Waals surface area contributed by atoms with Crippen LogP contribution >= 0.6 is 11.6 Å². The Morgan fingerprint density at radius 3 is 2.76 bits per heavy atom. The van der Waals surface area contributed by atoms with E-state index in [9.17, 15) is 13.6 Å². The highest BCUT2D eigenvalue weighted by Crippen LogP contribution is 2.50. The minimum atomic E-state index is -0.641. The standard InChI is InChI=1S/C19H15ClF2N2O/c20-14-2-1-3-15(22)17(14)18(25)24-10-19(6-7-19)13-9-23-16-8-11(21)4-5-12(13)16/h1-5,8-9,23H,6-7,10H2,(H,24,25). The van der Waals surface area contributed by atoms with Crippen molar-refractivity contribution in [2.45, 2.75) is 18.3 Å². The first kappa shape index (κ1) is 16.1. The van der Waals surface area contributed by atoms with Gasteiger partial charge in [-0.25, -0.2) is 8.78 Å². The van der Waals surface area contributed by atoms with Crippen molar-refractivity contribution < 1.29 is 13.6 Å². The van der Waals surface area contributed by atoms with Gasteiger partial charge in [-0.2, -0.15) is 0 Å². The van der Waals surface area contributed by atoms with E-state index in [1.54, 1.807) is 6.07 Å². The Bertz CT molecular complexity index is 958. The van der Waals surface area contributed by atoms with Gasteiger partial charge in [0.1, 0.15) is 11.6 Å². The van der Waals surface area contributed by atoms with Crippen molar-refractivity contribution in [3.63, 3.8) is 0 Å². The molecule has 25 heavy (non-hydrogen) atoms. The number of amides is 1. The monoisotopic (exact) mass is 360 g/mol. The maximum atomic E-state index is 13.9. The van der Waals surface area contributed by atoms with Crippen LogP contribution in [0.1, 0.15) is 28.8 Å². The second-order valence-corrected chi connectivity index (χ2v) is 6.86. The Labute approximate surface area is 148 Å². The number of aromatic nitrogens is 1. The molecule has 6 heteroatoms. The van der Waals surface area contributed by atoms with E-state index in [2.05, 4.69) is 10.3 Å². The molecule has 1 aromatic heterocycles. The lowest BCUT2D eigenvalue weighted by atomic mass is 9.95. The lowest BCUT2D eigenvalue weighted by Crippen LogP contribution is -2.32. The maximum Gasteiger partial charge on any atom is 0.255 e. The molecule has 0 aliphatic heterocycles. The molecule has 1 saturated carbocycles. The Balaban J connectivity index is 1.57. The van der Waals surface area contributed by atoms with Crippen LogP contribution in [0, 0.1) is 11.6 Å². The number of nitrogens with one attached hydrogen (secondary N) is 2. The van der Waals surface area contributed by atoms with E-state index in [-0.39, 0.29) is 21.8 Å². The highest BCUT2D eigenvalue weighted by molar-refractivity contribution is 6.33. The van der Waals surface area contributed by atoms with Crippen LogP contribution in [0.25, 0.3) is 10.9 Å². The van der Waals surface area contributed by atoms with Gasteiger partial charge >= 0.3 is 0 Å². The molecule has 0 unspecified atom stereocenters. The second-order valence-electron chi connectivity index (χ2n) is 6.45. The molecule has 0 radical (unpaired) electrons. The summed E-state index contributed by atoms with van der Waals surface area (Å²) in [5.74, 6) is -1.47. The van der Waals surface area contributed by atoms with Gasteiger partial charge in [0.05, 0.1) is 10.6 Å². The molecule has 1 fully saturated rings. The van der Waals surface area contributed by atoms with E-state index < -0.39 is 11.7 Å². The van der Waals surface area contributed by atoms with Crippen LogP contribution in [-0.2, 0) is 5.41 Å². The second kappa shape index (κ2) is 5.85. The summed E-state index contributed by atoms with van der Waals surface area (Å²) in [6.45, 7) is 0.376.